The van der Waals surface area contributed by atoms with Crippen molar-refractivity contribution in [3.8, 4) is 5.75 Å². The number of rotatable bonds is 5. The topological polar surface area (TPSA) is 99.1 Å². The van der Waals surface area contributed by atoms with Crippen molar-refractivity contribution < 1.29 is 18.3 Å². The van der Waals surface area contributed by atoms with Gasteiger partial charge in [0, 0.05) is 24.2 Å². The van der Waals surface area contributed by atoms with E-state index in [1.54, 1.807) is 31.2 Å². The van der Waals surface area contributed by atoms with Crippen LogP contribution in [0.1, 0.15) is 42.1 Å². The quantitative estimate of drug-likeness (QED) is 0.594. The summed E-state index contributed by atoms with van der Waals surface area (Å²) in [5.74, 6) is -0.460. The number of benzene rings is 2. The molecule has 0 unspecified atom stereocenters. The number of hydrogen-bond donors (Lipinski definition) is 2. The highest BCUT2D eigenvalue weighted by molar-refractivity contribution is 7.89. The second-order valence-corrected chi connectivity index (χ2v) is 8.59. The van der Waals surface area contributed by atoms with Gasteiger partial charge in [0.05, 0.1) is 10.6 Å². The van der Waals surface area contributed by atoms with Gasteiger partial charge in [-0.25, -0.2) is 13.8 Å². The summed E-state index contributed by atoms with van der Waals surface area (Å²) < 4.78 is 27.0. The lowest BCUT2D eigenvalue weighted by Crippen LogP contribution is -2.35. The summed E-state index contributed by atoms with van der Waals surface area (Å²) in [6.45, 7) is 2.66. The highest BCUT2D eigenvalue weighted by Gasteiger charge is 2.26. The van der Waals surface area contributed by atoms with Gasteiger partial charge in [0.25, 0.3) is 5.91 Å². The summed E-state index contributed by atoms with van der Waals surface area (Å²) in [5, 5.41) is 13.9. The summed E-state index contributed by atoms with van der Waals surface area (Å²) in [5.41, 5.74) is 3.55. The first-order valence-electron chi connectivity index (χ1n) is 9.13. The lowest BCUT2D eigenvalue weighted by atomic mass is 10.1. The molecule has 1 fully saturated rings. The van der Waals surface area contributed by atoms with E-state index in [-0.39, 0.29) is 16.2 Å². The fourth-order valence-electron chi connectivity index (χ4n) is 3.09. The van der Waals surface area contributed by atoms with E-state index in [0.29, 0.717) is 24.4 Å². The molecule has 1 amide bonds. The van der Waals surface area contributed by atoms with Crippen molar-refractivity contribution in [2.75, 3.05) is 13.1 Å². The zero-order valence-electron chi connectivity index (χ0n) is 15.6. The monoisotopic (exact) mass is 401 g/mol. The molecule has 0 bridgehead atoms. The van der Waals surface area contributed by atoms with Gasteiger partial charge in [-0.05, 0) is 50.1 Å². The highest BCUT2D eigenvalue weighted by Crippen LogP contribution is 2.21. The molecule has 3 rings (SSSR count). The fourth-order valence-corrected chi connectivity index (χ4v) is 4.65. The second-order valence-electron chi connectivity index (χ2n) is 6.65. The summed E-state index contributed by atoms with van der Waals surface area (Å²) in [6.07, 6.45) is 2.72. The van der Waals surface area contributed by atoms with Crippen LogP contribution in [0.25, 0.3) is 0 Å². The van der Waals surface area contributed by atoms with E-state index in [2.05, 4.69) is 10.5 Å². The first-order valence-corrected chi connectivity index (χ1v) is 10.6. The van der Waals surface area contributed by atoms with Crippen molar-refractivity contribution in [3.63, 3.8) is 0 Å². The average Bonchev–Trinajstić information content (AvgIpc) is 2.73. The average molecular weight is 401 g/mol. The molecule has 2 N–H and O–H groups in total. The number of hydrogen-bond acceptors (Lipinski definition) is 5. The minimum Gasteiger partial charge on any atom is -0.507 e. The molecule has 1 aliphatic rings. The summed E-state index contributed by atoms with van der Waals surface area (Å²) in [4.78, 5) is 12.5. The predicted octanol–water partition coefficient (Wildman–Crippen LogP) is 2.72. The first-order chi connectivity index (χ1) is 13.4. The van der Waals surface area contributed by atoms with Gasteiger partial charge in [-0.1, -0.05) is 24.6 Å². The van der Waals surface area contributed by atoms with Crippen molar-refractivity contribution in [1.29, 1.82) is 0 Å². The van der Waals surface area contributed by atoms with Crippen LogP contribution in [0.2, 0.25) is 0 Å². The SMILES string of the molecule is C/C(=N\NC(=O)c1cccc(S(=O)(=O)N2CCCCC2)c1)c1ccccc1O. The van der Waals surface area contributed by atoms with E-state index >= 15 is 0 Å². The zero-order chi connectivity index (χ0) is 20.1. The number of amides is 1. The molecule has 8 heteroatoms. The third-order valence-electron chi connectivity index (χ3n) is 4.67. The second kappa shape index (κ2) is 8.53. The number of nitrogens with one attached hydrogen (secondary N) is 1. The maximum Gasteiger partial charge on any atom is 0.271 e. The zero-order valence-corrected chi connectivity index (χ0v) is 16.4. The Labute approximate surface area is 164 Å². The summed E-state index contributed by atoms with van der Waals surface area (Å²) in [6, 6.07) is 12.6. The van der Waals surface area contributed by atoms with Gasteiger partial charge >= 0.3 is 0 Å². The number of piperidine rings is 1. The standard InChI is InChI=1S/C20H23N3O4S/c1-15(18-10-3-4-11-19(18)24)21-22-20(25)16-8-7-9-17(14-16)28(26,27)23-12-5-2-6-13-23/h3-4,7-11,14,24H,2,5-6,12-13H2,1H3,(H,22,25)/b21-15+. The van der Waals surface area contributed by atoms with E-state index < -0.39 is 15.9 Å². The van der Waals surface area contributed by atoms with Crippen molar-refractivity contribution >= 4 is 21.6 Å². The number of carbonyl (C=O) groups excluding carboxylic acids is 1. The highest BCUT2D eigenvalue weighted by atomic mass is 32.2. The number of phenols is 1. The molecule has 2 aromatic carbocycles. The third-order valence-corrected chi connectivity index (χ3v) is 6.56. The predicted molar refractivity (Wildman–Crippen MR) is 107 cm³/mol. The summed E-state index contributed by atoms with van der Waals surface area (Å²) in [7, 11) is -3.61. The van der Waals surface area contributed by atoms with Crippen LogP contribution in [0.5, 0.6) is 5.75 Å². The maximum atomic E-state index is 12.8. The van der Waals surface area contributed by atoms with Crippen LogP contribution < -0.4 is 5.43 Å². The molecular weight excluding hydrogens is 378 g/mol. The lowest BCUT2D eigenvalue weighted by molar-refractivity contribution is 0.0954. The van der Waals surface area contributed by atoms with Crippen molar-refractivity contribution in [2.45, 2.75) is 31.1 Å². The van der Waals surface area contributed by atoms with Gasteiger partial charge in [-0.2, -0.15) is 9.41 Å². The number of nitrogens with zero attached hydrogens (tertiary/aromatic N) is 2. The first kappa shape index (κ1) is 20.0. The Bertz CT molecular complexity index is 996. The van der Waals surface area contributed by atoms with Crippen molar-refractivity contribution in [2.24, 2.45) is 5.10 Å². The van der Waals surface area contributed by atoms with Gasteiger partial charge < -0.3 is 5.11 Å². The molecule has 0 aliphatic carbocycles. The molecule has 0 aromatic heterocycles. The molecule has 1 heterocycles. The number of sulfonamides is 1. The largest absolute Gasteiger partial charge is 0.507 e. The van der Waals surface area contributed by atoms with Crippen LogP contribution in [0.3, 0.4) is 0 Å². The normalized spacial score (nSPS) is 16.0. The van der Waals surface area contributed by atoms with E-state index in [0.717, 1.165) is 19.3 Å². The third kappa shape index (κ3) is 4.40. The van der Waals surface area contributed by atoms with Gasteiger partial charge in [-0.3, -0.25) is 4.79 Å². The van der Waals surface area contributed by atoms with Crippen molar-refractivity contribution in [3.05, 3.63) is 59.7 Å². The lowest BCUT2D eigenvalue weighted by Gasteiger charge is -2.25. The Balaban J connectivity index is 1.77. The molecule has 0 saturated carbocycles. The van der Waals surface area contributed by atoms with Crippen LogP contribution in [0.4, 0.5) is 0 Å². The Morgan fingerprint density at radius 2 is 1.79 bits per heavy atom. The molecule has 1 aliphatic heterocycles. The van der Waals surface area contributed by atoms with Crippen LogP contribution in [-0.2, 0) is 10.0 Å². The number of hydrazone groups is 1. The molecule has 0 atom stereocenters. The molecular formula is C20H23N3O4S. The van der Waals surface area contributed by atoms with E-state index in [1.165, 1.54) is 28.6 Å². The molecule has 148 valence electrons. The Hall–Kier alpha value is -2.71. The molecule has 7 nitrogen and oxygen atoms in total. The Kier molecular flexibility index (Phi) is 6.11. The van der Waals surface area contributed by atoms with Crippen LogP contribution >= 0.6 is 0 Å². The Morgan fingerprint density at radius 3 is 2.50 bits per heavy atom. The van der Waals surface area contributed by atoms with E-state index in [1.807, 2.05) is 0 Å². The minimum absolute atomic E-state index is 0.0626. The fraction of sp³-hybridized carbons (Fsp3) is 0.300. The number of para-hydroxylation sites is 1. The van der Waals surface area contributed by atoms with Gasteiger partial charge in [-0.15, -0.1) is 0 Å². The van der Waals surface area contributed by atoms with Crippen LogP contribution in [0, 0.1) is 0 Å². The maximum absolute atomic E-state index is 12.8. The molecule has 0 radical (unpaired) electrons. The smallest absolute Gasteiger partial charge is 0.271 e. The van der Waals surface area contributed by atoms with Crippen molar-refractivity contribution in [1.82, 2.24) is 9.73 Å². The molecule has 0 spiro atoms. The van der Waals surface area contributed by atoms with Gasteiger partial charge in [0.2, 0.25) is 10.0 Å². The number of phenolic OH excluding ortho intramolecular Hbond substituents is 1. The van der Waals surface area contributed by atoms with E-state index in [4.69, 9.17) is 0 Å². The Morgan fingerprint density at radius 1 is 1.07 bits per heavy atom. The summed E-state index contributed by atoms with van der Waals surface area (Å²) >= 11 is 0. The van der Waals surface area contributed by atoms with E-state index in [9.17, 15) is 18.3 Å². The number of carbonyl (C=O) groups is 1. The van der Waals surface area contributed by atoms with Gasteiger partial charge in [0.1, 0.15) is 5.75 Å². The molecule has 2 aromatic rings. The number of aromatic hydroxyl groups is 1. The van der Waals surface area contributed by atoms with Crippen LogP contribution in [-0.4, -0.2) is 42.5 Å². The molecule has 1 saturated heterocycles. The minimum atomic E-state index is -3.61. The van der Waals surface area contributed by atoms with Gasteiger partial charge in [0.15, 0.2) is 0 Å². The molecule has 28 heavy (non-hydrogen) atoms. The van der Waals surface area contributed by atoms with Crippen LogP contribution in [0.15, 0.2) is 58.5 Å².